The number of aryl methyl sites for hydroxylation is 1. The zero-order chi connectivity index (χ0) is 18.0. The summed E-state index contributed by atoms with van der Waals surface area (Å²) in [5.74, 6) is 1.54. The first kappa shape index (κ1) is 17.6. The van der Waals surface area contributed by atoms with Crippen LogP contribution in [0.25, 0.3) is 10.9 Å². The Hall–Kier alpha value is -2.21. The Balaban J connectivity index is 1.88. The van der Waals surface area contributed by atoms with Gasteiger partial charge in [0, 0.05) is 29.2 Å². The average Bonchev–Trinajstić information content (AvgIpc) is 2.59. The van der Waals surface area contributed by atoms with Gasteiger partial charge in [-0.05, 0) is 46.6 Å². The molecule has 0 amide bonds. The topological polar surface area (TPSA) is 59.9 Å². The molecule has 130 valence electrons. The Kier molecular flexibility index (Phi) is 4.90. The standard InChI is InChI=1S/C19H21BrN4O/c1-12-5-6-17(21-9-12)19(2,3)10-22-18-13-7-16(25-4)14(20)8-15(13)23-11-24-18/h5-9,11H,10H2,1-4H3,(H,22,23,24). The van der Waals surface area contributed by atoms with Crippen LogP contribution in [-0.2, 0) is 5.41 Å². The number of pyridine rings is 1. The summed E-state index contributed by atoms with van der Waals surface area (Å²) >= 11 is 3.50. The van der Waals surface area contributed by atoms with E-state index in [9.17, 15) is 0 Å². The van der Waals surface area contributed by atoms with Gasteiger partial charge in [0.25, 0.3) is 0 Å². The minimum absolute atomic E-state index is 0.135. The van der Waals surface area contributed by atoms with E-state index in [2.05, 4.69) is 62.2 Å². The summed E-state index contributed by atoms with van der Waals surface area (Å²) in [6.45, 7) is 7.07. The predicted octanol–water partition coefficient (Wildman–Crippen LogP) is 4.49. The number of nitrogens with zero attached hydrogens (tertiary/aromatic N) is 3. The molecule has 3 rings (SSSR count). The molecule has 0 saturated carbocycles. The van der Waals surface area contributed by atoms with Crippen molar-refractivity contribution >= 4 is 32.7 Å². The first-order chi connectivity index (χ1) is 11.9. The molecular weight excluding hydrogens is 380 g/mol. The van der Waals surface area contributed by atoms with Crippen LogP contribution in [0.1, 0.15) is 25.1 Å². The van der Waals surface area contributed by atoms with E-state index in [1.165, 1.54) is 0 Å². The van der Waals surface area contributed by atoms with Crippen LogP contribution >= 0.6 is 15.9 Å². The quantitative estimate of drug-likeness (QED) is 0.683. The number of anilines is 1. The van der Waals surface area contributed by atoms with Gasteiger partial charge in [-0.2, -0.15) is 0 Å². The van der Waals surface area contributed by atoms with Crippen molar-refractivity contribution in [3.8, 4) is 5.75 Å². The zero-order valence-corrected chi connectivity index (χ0v) is 16.4. The fourth-order valence-corrected chi connectivity index (χ4v) is 3.11. The molecule has 6 heteroatoms. The van der Waals surface area contributed by atoms with Crippen LogP contribution in [0.4, 0.5) is 5.82 Å². The molecule has 25 heavy (non-hydrogen) atoms. The highest BCUT2D eigenvalue weighted by Crippen LogP contribution is 2.32. The van der Waals surface area contributed by atoms with Crippen LogP contribution in [0.5, 0.6) is 5.75 Å². The Bertz CT molecular complexity index is 894. The van der Waals surface area contributed by atoms with E-state index < -0.39 is 0 Å². The van der Waals surface area contributed by atoms with E-state index in [4.69, 9.17) is 4.74 Å². The van der Waals surface area contributed by atoms with Crippen molar-refractivity contribution in [2.45, 2.75) is 26.2 Å². The van der Waals surface area contributed by atoms with Gasteiger partial charge in [0.1, 0.15) is 17.9 Å². The number of benzene rings is 1. The van der Waals surface area contributed by atoms with E-state index >= 15 is 0 Å². The van der Waals surface area contributed by atoms with Crippen molar-refractivity contribution in [3.05, 3.63) is 52.5 Å². The van der Waals surface area contributed by atoms with E-state index in [0.29, 0.717) is 6.54 Å². The number of ether oxygens (including phenoxy) is 1. The Labute approximate surface area is 156 Å². The smallest absolute Gasteiger partial charge is 0.137 e. The zero-order valence-electron chi connectivity index (χ0n) is 14.8. The molecule has 2 aromatic heterocycles. The second kappa shape index (κ2) is 6.96. The highest BCUT2D eigenvalue weighted by atomic mass is 79.9. The molecule has 0 aliphatic rings. The van der Waals surface area contributed by atoms with Gasteiger partial charge in [-0.3, -0.25) is 4.98 Å². The minimum atomic E-state index is -0.135. The van der Waals surface area contributed by atoms with Gasteiger partial charge < -0.3 is 10.1 Å². The Morgan fingerprint density at radius 3 is 2.64 bits per heavy atom. The lowest BCUT2D eigenvalue weighted by Crippen LogP contribution is -2.29. The summed E-state index contributed by atoms with van der Waals surface area (Å²) in [5, 5.41) is 4.38. The molecule has 5 nitrogen and oxygen atoms in total. The van der Waals surface area contributed by atoms with Crippen molar-refractivity contribution in [3.63, 3.8) is 0 Å². The minimum Gasteiger partial charge on any atom is -0.496 e. The molecule has 1 aromatic carbocycles. The lowest BCUT2D eigenvalue weighted by atomic mass is 9.88. The number of hydrogen-bond acceptors (Lipinski definition) is 5. The third-order valence-corrected chi connectivity index (χ3v) is 4.83. The Morgan fingerprint density at radius 2 is 1.96 bits per heavy atom. The van der Waals surface area contributed by atoms with Crippen molar-refractivity contribution in [2.75, 3.05) is 19.0 Å². The van der Waals surface area contributed by atoms with Gasteiger partial charge in [0.2, 0.25) is 0 Å². The molecule has 1 N–H and O–H groups in total. The summed E-state index contributed by atoms with van der Waals surface area (Å²) in [6, 6.07) is 8.05. The van der Waals surface area contributed by atoms with Gasteiger partial charge in [0.15, 0.2) is 0 Å². The maximum absolute atomic E-state index is 5.39. The lowest BCUT2D eigenvalue weighted by molar-refractivity contribution is 0.413. The molecule has 3 aromatic rings. The first-order valence-corrected chi connectivity index (χ1v) is 8.85. The van der Waals surface area contributed by atoms with Crippen LogP contribution in [-0.4, -0.2) is 28.6 Å². The highest BCUT2D eigenvalue weighted by Gasteiger charge is 2.22. The van der Waals surface area contributed by atoms with Crippen LogP contribution in [0.15, 0.2) is 41.3 Å². The second-order valence-corrected chi connectivity index (χ2v) is 7.54. The number of rotatable bonds is 5. The maximum atomic E-state index is 5.39. The molecule has 0 aliphatic heterocycles. The second-order valence-electron chi connectivity index (χ2n) is 6.68. The largest absolute Gasteiger partial charge is 0.496 e. The van der Waals surface area contributed by atoms with Crippen molar-refractivity contribution < 1.29 is 4.74 Å². The third-order valence-electron chi connectivity index (χ3n) is 4.21. The summed E-state index contributed by atoms with van der Waals surface area (Å²) in [5.41, 5.74) is 2.93. The third kappa shape index (κ3) is 3.74. The SMILES string of the molecule is COc1cc2c(NCC(C)(C)c3ccc(C)cn3)ncnc2cc1Br. The molecule has 0 unspecified atom stereocenters. The van der Waals surface area contributed by atoms with Gasteiger partial charge in [-0.15, -0.1) is 0 Å². The summed E-state index contributed by atoms with van der Waals surface area (Å²) in [6.07, 6.45) is 3.47. The summed E-state index contributed by atoms with van der Waals surface area (Å²) < 4.78 is 6.27. The van der Waals surface area contributed by atoms with Crippen molar-refractivity contribution in [2.24, 2.45) is 0 Å². The van der Waals surface area contributed by atoms with Gasteiger partial charge in [-0.25, -0.2) is 9.97 Å². The molecule has 0 radical (unpaired) electrons. The molecule has 0 bridgehead atoms. The Morgan fingerprint density at radius 1 is 1.16 bits per heavy atom. The van der Waals surface area contributed by atoms with Crippen LogP contribution in [0.2, 0.25) is 0 Å². The summed E-state index contributed by atoms with van der Waals surface area (Å²) in [7, 11) is 1.65. The predicted molar refractivity (Wildman–Crippen MR) is 104 cm³/mol. The van der Waals surface area contributed by atoms with Crippen molar-refractivity contribution in [1.29, 1.82) is 0 Å². The lowest BCUT2D eigenvalue weighted by Gasteiger charge is -2.25. The number of halogens is 1. The van der Waals surface area contributed by atoms with Gasteiger partial charge in [0.05, 0.1) is 17.1 Å². The maximum Gasteiger partial charge on any atom is 0.137 e. The average molecular weight is 401 g/mol. The molecule has 2 heterocycles. The summed E-state index contributed by atoms with van der Waals surface area (Å²) in [4.78, 5) is 13.3. The fourth-order valence-electron chi connectivity index (χ4n) is 2.62. The molecule has 0 atom stereocenters. The first-order valence-electron chi connectivity index (χ1n) is 8.06. The van der Waals surface area contributed by atoms with E-state index in [1.54, 1.807) is 13.4 Å². The molecule has 0 spiro atoms. The number of nitrogens with one attached hydrogen (secondary N) is 1. The van der Waals surface area contributed by atoms with Gasteiger partial charge in [-0.1, -0.05) is 19.9 Å². The van der Waals surface area contributed by atoms with Crippen LogP contribution in [0.3, 0.4) is 0 Å². The number of aromatic nitrogens is 3. The number of fused-ring (bicyclic) bond motifs is 1. The fraction of sp³-hybridized carbons (Fsp3) is 0.316. The molecule has 0 aliphatic carbocycles. The number of hydrogen-bond donors (Lipinski definition) is 1. The highest BCUT2D eigenvalue weighted by molar-refractivity contribution is 9.10. The van der Waals surface area contributed by atoms with Gasteiger partial charge >= 0.3 is 0 Å². The molecule has 0 saturated heterocycles. The van der Waals surface area contributed by atoms with Crippen LogP contribution in [0, 0.1) is 6.92 Å². The van der Waals surface area contributed by atoms with E-state index in [0.717, 1.165) is 38.2 Å². The van der Waals surface area contributed by atoms with E-state index in [-0.39, 0.29) is 5.41 Å². The molecule has 0 fully saturated rings. The number of methoxy groups -OCH3 is 1. The normalized spacial score (nSPS) is 11.6. The molecular formula is C19H21BrN4O. The van der Waals surface area contributed by atoms with Crippen molar-refractivity contribution in [1.82, 2.24) is 15.0 Å². The monoisotopic (exact) mass is 400 g/mol. The van der Waals surface area contributed by atoms with Crippen LogP contribution < -0.4 is 10.1 Å². The van der Waals surface area contributed by atoms with E-state index in [1.807, 2.05) is 25.3 Å².